The van der Waals surface area contributed by atoms with E-state index < -0.39 is 0 Å². The van der Waals surface area contributed by atoms with E-state index in [-0.39, 0.29) is 11.3 Å². The van der Waals surface area contributed by atoms with Crippen LogP contribution in [0.2, 0.25) is 0 Å². The summed E-state index contributed by atoms with van der Waals surface area (Å²) in [7, 11) is 0. The highest BCUT2D eigenvalue weighted by atomic mass is 16.5. The molecule has 0 spiro atoms. The fourth-order valence-corrected chi connectivity index (χ4v) is 3.49. The fraction of sp³-hybridized carbons (Fsp3) is 0.571. The van der Waals surface area contributed by atoms with Crippen LogP contribution >= 0.6 is 0 Å². The Hall–Kier alpha value is -2.17. The molecule has 1 saturated carbocycles. The van der Waals surface area contributed by atoms with Crippen LogP contribution in [-0.2, 0) is 5.41 Å². The minimum atomic E-state index is -0.195. The molecule has 1 aliphatic carbocycles. The van der Waals surface area contributed by atoms with E-state index in [1.165, 1.54) is 32.1 Å². The summed E-state index contributed by atoms with van der Waals surface area (Å²) in [5, 5.41) is 7.11. The molecule has 0 aliphatic heterocycles. The Kier molecular flexibility index (Phi) is 5.74. The maximum Gasteiger partial charge on any atom is 0.258 e. The number of amides is 1. The van der Waals surface area contributed by atoms with Crippen LogP contribution in [0.15, 0.2) is 28.8 Å². The number of nitrogens with one attached hydrogen (secondary N) is 1. The molecule has 1 N–H and O–H groups in total. The zero-order chi connectivity index (χ0) is 18.6. The lowest BCUT2D eigenvalue weighted by Crippen LogP contribution is -2.25. The predicted molar refractivity (Wildman–Crippen MR) is 102 cm³/mol. The third kappa shape index (κ3) is 4.51. The monoisotopic (exact) mass is 355 g/mol. The molecule has 26 heavy (non-hydrogen) atoms. The van der Waals surface area contributed by atoms with Gasteiger partial charge < -0.3 is 9.84 Å². The molecule has 0 atom stereocenters. The molecule has 1 heterocycles. The van der Waals surface area contributed by atoms with Gasteiger partial charge in [0.25, 0.3) is 11.8 Å². The number of nitrogens with zero attached hydrogens (tertiary/aromatic N) is 2. The minimum absolute atomic E-state index is 0.0810. The van der Waals surface area contributed by atoms with Crippen molar-refractivity contribution >= 4 is 5.91 Å². The summed E-state index contributed by atoms with van der Waals surface area (Å²) >= 11 is 0. The molecule has 0 bridgehead atoms. The average Bonchev–Trinajstić information content (AvgIpc) is 3.29. The number of hydrogen-bond acceptors (Lipinski definition) is 4. The van der Waals surface area contributed by atoms with E-state index >= 15 is 0 Å². The second-order valence-corrected chi connectivity index (χ2v) is 8.27. The summed E-state index contributed by atoms with van der Waals surface area (Å²) in [6, 6.07) is 7.40. The van der Waals surface area contributed by atoms with Gasteiger partial charge in [-0.25, -0.2) is 0 Å². The van der Waals surface area contributed by atoms with Gasteiger partial charge in [-0.2, -0.15) is 4.98 Å². The second-order valence-electron chi connectivity index (χ2n) is 8.27. The van der Waals surface area contributed by atoms with Crippen LogP contribution < -0.4 is 5.32 Å². The summed E-state index contributed by atoms with van der Waals surface area (Å²) in [4.78, 5) is 17.1. The van der Waals surface area contributed by atoms with Crippen molar-refractivity contribution in [2.45, 2.75) is 64.7 Å². The molecule has 0 saturated heterocycles. The SMILES string of the molecule is CC(C)(C)c1noc(-c2ccccc2C(=O)NCCCC2CCCC2)n1. The molecule has 3 rings (SSSR count). The van der Waals surface area contributed by atoms with Crippen LogP contribution in [0.25, 0.3) is 11.5 Å². The largest absolute Gasteiger partial charge is 0.352 e. The van der Waals surface area contributed by atoms with Gasteiger partial charge in [0.05, 0.1) is 11.1 Å². The molecule has 0 unspecified atom stereocenters. The summed E-state index contributed by atoms with van der Waals surface area (Å²) in [5.41, 5.74) is 1.07. The molecular formula is C21H29N3O2. The molecule has 0 radical (unpaired) electrons. The van der Waals surface area contributed by atoms with Gasteiger partial charge in [-0.15, -0.1) is 0 Å². The van der Waals surface area contributed by atoms with E-state index in [0.717, 1.165) is 12.3 Å². The maximum atomic E-state index is 12.6. The van der Waals surface area contributed by atoms with Gasteiger partial charge in [0, 0.05) is 12.0 Å². The molecule has 1 aromatic heterocycles. The van der Waals surface area contributed by atoms with Crippen LogP contribution in [0, 0.1) is 5.92 Å². The highest BCUT2D eigenvalue weighted by molar-refractivity contribution is 5.99. The predicted octanol–water partition coefficient (Wildman–Crippen LogP) is 4.73. The zero-order valence-electron chi connectivity index (χ0n) is 16.0. The van der Waals surface area contributed by atoms with Crippen molar-refractivity contribution in [3.05, 3.63) is 35.7 Å². The van der Waals surface area contributed by atoms with Gasteiger partial charge in [-0.1, -0.05) is 63.7 Å². The van der Waals surface area contributed by atoms with Gasteiger partial charge in [-0.3, -0.25) is 4.79 Å². The van der Waals surface area contributed by atoms with Crippen molar-refractivity contribution in [1.29, 1.82) is 0 Å². The van der Waals surface area contributed by atoms with Gasteiger partial charge >= 0.3 is 0 Å². The number of carbonyl (C=O) groups is 1. The molecule has 140 valence electrons. The quantitative estimate of drug-likeness (QED) is 0.760. The summed E-state index contributed by atoms with van der Waals surface area (Å²) < 4.78 is 5.42. The lowest BCUT2D eigenvalue weighted by atomic mass is 9.96. The fourth-order valence-electron chi connectivity index (χ4n) is 3.49. The lowest BCUT2D eigenvalue weighted by molar-refractivity contribution is 0.0953. The third-order valence-electron chi connectivity index (χ3n) is 5.05. The molecule has 5 heteroatoms. The van der Waals surface area contributed by atoms with Crippen molar-refractivity contribution in [3.63, 3.8) is 0 Å². The molecule has 1 amide bonds. The van der Waals surface area contributed by atoms with Crippen molar-refractivity contribution < 1.29 is 9.32 Å². The average molecular weight is 355 g/mol. The van der Waals surface area contributed by atoms with Crippen LogP contribution in [0.4, 0.5) is 0 Å². The Labute approximate surface area is 155 Å². The molecule has 1 fully saturated rings. The van der Waals surface area contributed by atoms with Gasteiger partial charge in [-0.05, 0) is 30.9 Å². The Bertz CT molecular complexity index is 740. The Morgan fingerprint density at radius 2 is 1.96 bits per heavy atom. The molecule has 1 aromatic carbocycles. The first-order chi connectivity index (χ1) is 12.4. The molecule has 2 aromatic rings. The standard InChI is InChI=1S/C21H29N3O2/c1-21(2,3)20-23-19(26-24-20)17-13-7-6-12-16(17)18(25)22-14-8-11-15-9-4-5-10-15/h6-7,12-13,15H,4-5,8-11,14H2,1-3H3,(H,22,25). The molecular weight excluding hydrogens is 326 g/mol. The minimum Gasteiger partial charge on any atom is -0.352 e. The van der Waals surface area contributed by atoms with E-state index in [1.807, 2.05) is 45.0 Å². The van der Waals surface area contributed by atoms with E-state index in [0.29, 0.717) is 29.4 Å². The van der Waals surface area contributed by atoms with E-state index in [9.17, 15) is 4.79 Å². The normalized spacial score (nSPS) is 15.3. The zero-order valence-corrected chi connectivity index (χ0v) is 16.0. The number of hydrogen-bond donors (Lipinski definition) is 1. The van der Waals surface area contributed by atoms with E-state index in [4.69, 9.17) is 4.52 Å². The van der Waals surface area contributed by atoms with Crippen molar-refractivity contribution in [3.8, 4) is 11.5 Å². The van der Waals surface area contributed by atoms with Gasteiger partial charge in [0.2, 0.25) is 0 Å². The van der Waals surface area contributed by atoms with Crippen molar-refractivity contribution in [2.75, 3.05) is 6.54 Å². The Balaban J connectivity index is 1.64. The summed E-state index contributed by atoms with van der Waals surface area (Å²) in [6.07, 6.45) is 7.68. The van der Waals surface area contributed by atoms with Crippen LogP contribution in [0.3, 0.4) is 0 Å². The topological polar surface area (TPSA) is 68.0 Å². The van der Waals surface area contributed by atoms with E-state index in [1.54, 1.807) is 0 Å². The lowest BCUT2D eigenvalue weighted by Gasteiger charge is -2.11. The highest BCUT2D eigenvalue weighted by Crippen LogP contribution is 2.28. The first-order valence-corrected chi connectivity index (χ1v) is 9.67. The number of benzene rings is 1. The Morgan fingerprint density at radius 1 is 1.23 bits per heavy atom. The first-order valence-electron chi connectivity index (χ1n) is 9.67. The van der Waals surface area contributed by atoms with E-state index in [2.05, 4.69) is 15.5 Å². The van der Waals surface area contributed by atoms with Crippen molar-refractivity contribution in [1.82, 2.24) is 15.5 Å². The number of rotatable bonds is 6. The summed E-state index contributed by atoms with van der Waals surface area (Å²) in [5.74, 6) is 1.81. The molecule has 5 nitrogen and oxygen atoms in total. The molecule has 1 aliphatic rings. The number of aromatic nitrogens is 2. The number of carbonyl (C=O) groups excluding carboxylic acids is 1. The van der Waals surface area contributed by atoms with Gasteiger partial charge in [0.15, 0.2) is 5.82 Å². The van der Waals surface area contributed by atoms with Crippen LogP contribution in [0.5, 0.6) is 0 Å². The second kappa shape index (κ2) is 8.02. The van der Waals surface area contributed by atoms with Gasteiger partial charge in [0.1, 0.15) is 0 Å². The maximum absolute atomic E-state index is 12.6. The third-order valence-corrected chi connectivity index (χ3v) is 5.05. The van der Waals surface area contributed by atoms with Crippen molar-refractivity contribution in [2.24, 2.45) is 5.92 Å². The first kappa shape index (κ1) is 18.6. The smallest absolute Gasteiger partial charge is 0.258 e. The summed E-state index contributed by atoms with van der Waals surface area (Å²) in [6.45, 7) is 6.81. The van der Waals surface area contributed by atoms with Crippen LogP contribution in [-0.4, -0.2) is 22.6 Å². The highest BCUT2D eigenvalue weighted by Gasteiger charge is 2.23. The Morgan fingerprint density at radius 3 is 2.65 bits per heavy atom. The van der Waals surface area contributed by atoms with Crippen LogP contribution in [0.1, 0.15) is 75.5 Å².